The monoisotopic (exact) mass is 328 g/mol. The fourth-order valence-corrected chi connectivity index (χ4v) is 1.61. The van der Waals surface area contributed by atoms with Crippen molar-refractivity contribution in [2.45, 2.75) is 0 Å². The molecule has 0 spiro atoms. The molecule has 0 saturated carbocycles. The van der Waals surface area contributed by atoms with Crippen molar-refractivity contribution in [3.8, 4) is 0 Å². The van der Waals surface area contributed by atoms with E-state index in [0.29, 0.717) is 4.47 Å². The molecule has 1 amide bonds. The number of amides is 1. The van der Waals surface area contributed by atoms with Crippen molar-refractivity contribution < 1.29 is 23.6 Å². The van der Waals surface area contributed by atoms with E-state index in [1.54, 1.807) is 0 Å². The smallest absolute Gasteiger partial charge is 0.374 e. The fraction of sp³-hybridized carbons (Fsp3) is 0. The summed E-state index contributed by atoms with van der Waals surface area (Å²) >= 11 is 3.14. The standard InChI is InChI=1S/C11H6BrFN2O4/c12-6-2-1-5(13)3-7(6)14-10(16)8-4-9(11(17)18)19-15-8/h1-4H,(H,14,16)(H,17,18). The highest BCUT2D eigenvalue weighted by molar-refractivity contribution is 9.10. The van der Waals surface area contributed by atoms with Crippen LogP contribution in [0, 0.1) is 5.82 Å². The van der Waals surface area contributed by atoms with Crippen molar-refractivity contribution in [3.63, 3.8) is 0 Å². The molecule has 2 rings (SSSR count). The maximum atomic E-state index is 13.0. The Morgan fingerprint density at radius 2 is 2.11 bits per heavy atom. The quantitative estimate of drug-likeness (QED) is 0.903. The van der Waals surface area contributed by atoms with E-state index < -0.39 is 23.5 Å². The van der Waals surface area contributed by atoms with Crippen LogP contribution >= 0.6 is 15.9 Å². The summed E-state index contributed by atoms with van der Waals surface area (Å²) in [5.74, 6) is -3.02. The Labute approximate surface area is 114 Å². The number of benzene rings is 1. The number of carboxylic acid groups (broad SMARTS) is 1. The van der Waals surface area contributed by atoms with E-state index in [0.717, 1.165) is 12.1 Å². The summed E-state index contributed by atoms with van der Waals surface area (Å²) < 4.78 is 17.9. The van der Waals surface area contributed by atoms with E-state index in [4.69, 9.17) is 5.11 Å². The number of aromatic carboxylic acids is 1. The normalized spacial score (nSPS) is 10.2. The first-order chi connectivity index (χ1) is 8.97. The molecule has 2 N–H and O–H groups in total. The van der Waals surface area contributed by atoms with Crippen molar-refractivity contribution in [2.75, 3.05) is 5.32 Å². The van der Waals surface area contributed by atoms with Crippen molar-refractivity contribution >= 4 is 33.5 Å². The number of carbonyl (C=O) groups is 2. The van der Waals surface area contributed by atoms with Crippen LogP contribution in [0.15, 0.2) is 33.3 Å². The van der Waals surface area contributed by atoms with Gasteiger partial charge in [0.05, 0.1) is 5.69 Å². The van der Waals surface area contributed by atoms with Crippen LogP contribution in [-0.2, 0) is 0 Å². The lowest BCUT2D eigenvalue weighted by Crippen LogP contribution is -2.12. The van der Waals surface area contributed by atoms with Gasteiger partial charge >= 0.3 is 5.97 Å². The Morgan fingerprint density at radius 3 is 2.74 bits per heavy atom. The molecule has 0 aliphatic rings. The predicted octanol–water partition coefficient (Wildman–Crippen LogP) is 2.53. The van der Waals surface area contributed by atoms with E-state index in [-0.39, 0.29) is 11.4 Å². The van der Waals surface area contributed by atoms with Gasteiger partial charge in [0.25, 0.3) is 5.91 Å². The lowest BCUT2D eigenvalue weighted by atomic mass is 10.3. The van der Waals surface area contributed by atoms with E-state index in [2.05, 4.69) is 30.9 Å². The number of aromatic nitrogens is 1. The van der Waals surface area contributed by atoms with Gasteiger partial charge in [-0.3, -0.25) is 4.79 Å². The van der Waals surface area contributed by atoms with Gasteiger partial charge in [0, 0.05) is 10.5 Å². The van der Waals surface area contributed by atoms with Crippen molar-refractivity contribution in [2.24, 2.45) is 0 Å². The first-order valence-corrected chi connectivity index (χ1v) is 5.73. The number of nitrogens with zero attached hydrogens (tertiary/aromatic N) is 1. The Hall–Kier alpha value is -2.22. The Kier molecular flexibility index (Phi) is 3.61. The van der Waals surface area contributed by atoms with Crippen LogP contribution in [0.25, 0.3) is 0 Å². The average molecular weight is 329 g/mol. The summed E-state index contributed by atoms with van der Waals surface area (Å²) in [4.78, 5) is 22.3. The molecular formula is C11H6BrFN2O4. The molecule has 0 aliphatic heterocycles. The largest absolute Gasteiger partial charge is 0.475 e. The van der Waals surface area contributed by atoms with Gasteiger partial charge in [-0.25, -0.2) is 9.18 Å². The SMILES string of the molecule is O=C(Nc1cc(F)ccc1Br)c1cc(C(=O)O)on1. The molecule has 0 fully saturated rings. The Balaban J connectivity index is 2.20. The highest BCUT2D eigenvalue weighted by atomic mass is 79.9. The van der Waals surface area contributed by atoms with Crippen LogP contribution < -0.4 is 5.32 Å². The first kappa shape index (κ1) is 13.2. The van der Waals surface area contributed by atoms with E-state index in [9.17, 15) is 14.0 Å². The van der Waals surface area contributed by atoms with Crippen LogP contribution in [0.3, 0.4) is 0 Å². The molecule has 0 aliphatic carbocycles. The summed E-state index contributed by atoms with van der Waals surface area (Å²) in [6.45, 7) is 0. The van der Waals surface area contributed by atoms with E-state index in [1.807, 2.05) is 0 Å². The summed E-state index contributed by atoms with van der Waals surface area (Å²) in [5.41, 5.74) is -0.0153. The second-order valence-corrected chi connectivity index (χ2v) is 4.31. The third kappa shape index (κ3) is 2.97. The van der Waals surface area contributed by atoms with Gasteiger partial charge in [-0.1, -0.05) is 5.16 Å². The van der Waals surface area contributed by atoms with Crippen molar-refractivity contribution in [1.82, 2.24) is 5.16 Å². The second-order valence-electron chi connectivity index (χ2n) is 3.46. The molecule has 1 aromatic heterocycles. The van der Waals surface area contributed by atoms with Gasteiger partial charge in [0.1, 0.15) is 5.82 Å². The van der Waals surface area contributed by atoms with Gasteiger partial charge in [-0.15, -0.1) is 0 Å². The molecule has 8 heteroatoms. The fourth-order valence-electron chi connectivity index (χ4n) is 1.26. The lowest BCUT2D eigenvalue weighted by Gasteiger charge is -2.05. The van der Waals surface area contributed by atoms with E-state index in [1.165, 1.54) is 12.1 Å². The van der Waals surface area contributed by atoms with Crippen LogP contribution in [0.1, 0.15) is 21.0 Å². The maximum absolute atomic E-state index is 13.0. The molecule has 1 aromatic carbocycles. The molecule has 98 valence electrons. The zero-order chi connectivity index (χ0) is 14.0. The molecule has 0 atom stereocenters. The van der Waals surface area contributed by atoms with Crippen LogP contribution in [-0.4, -0.2) is 22.1 Å². The van der Waals surface area contributed by atoms with Crippen LogP contribution in [0.4, 0.5) is 10.1 Å². The zero-order valence-corrected chi connectivity index (χ0v) is 10.8. The third-order valence-corrected chi connectivity index (χ3v) is 2.82. The van der Waals surface area contributed by atoms with Gasteiger partial charge in [-0.2, -0.15) is 0 Å². The number of anilines is 1. The summed E-state index contributed by atoms with van der Waals surface area (Å²) in [6.07, 6.45) is 0. The molecule has 0 radical (unpaired) electrons. The lowest BCUT2D eigenvalue weighted by molar-refractivity contribution is 0.0651. The third-order valence-electron chi connectivity index (χ3n) is 2.13. The number of halogens is 2. The Morgan fingerprint density at radius 1 is 1.37 bits per heavy atom. The molecule has 19 heavy (non-hydrogen) atoms. The summed E-state index contributed by atoms with van der Waals surface area (Å²) in [6, 6.07) is 4.74. The maximum Gasteiger partial charge on any atom is 0.374 e. The highest BCUT2D eigenvalue weighted by Crippen LogP contribution is 2.23. The molecule has 0 saturated heterocycles. The summed E-state index contributed by atoms with van der Waals surface area (Å²) in [5, 5.41) is 14.3. The molecule has 6 nitrogen and oxygen atoms in total. The number of rotatable bonds is 3. The average Bonchev–Trinajstić information content (AvgIpc) is 2.83. The number of hydrogen-bond acceptors (Lipinski definition) is 4. The zero-order valence-electron chi connectivity index (χ0n) is 9.18. The van der Waals surface area contributed by atoms with Crippen LogP contribution in [0.2, 0.25) is 0 Å². The highest BCUT2D eigenvalue weighted by Gasteiger charge is 2.17. The number of carboxylic acids is 1. The van der Waals surface area contributed by atoms with Gasteiger partial charge < -0.3 is 14.9 Å². The Bertz CT molecular complexity index is 656. The van der Waals surface area contributed by atoms with Crippen molar-refractivity contribution in [1.29, 1.82) is 0 Å². The van der Waals surface area contributed by atoms with Gasteiger partial charge in [-0.05, 0) is 34.1 Å². The molecule has 2 aromatic rings. The van der Waals surface area contributed by atoms with Crippen LogP contribution in [0.5, 0.6) is 0 Å². The van der Waals surface area contributed by atoms with E-state index >= 15 is 0 Å². The molecule has 0 unspecified atom stereocenters. The molecular weight excluding hydrogens is 323 g/mol. The number of hydrogen-bond donors (Lipinski definition) is 2. The number of nitrogens with one attached hydrogen (secondary N) is 1. The summed E-state index contributed by atoms with van der Waals surface area (Å²) in [7, 11) is 0. The predicted molar refractivity (Wildman–Crippen MR) is 65.5 cm³/mol. The minimum atomic E-state index is -1.33. The minimum Gasteiger partial charge on any atom is -0.475 e. The van der Waals surface area contributed by atoms with Gasteiger partial charge in [0.2, 0.25) is 5.76 Å². The second kappa shape index (κ2) is 5.19. The number of carbonyl (C=O) groups excluding carboxylic acids is 1. The topological polar surface area (TPSA) is 92.4 Å². The minimum absolute atomic E-state index is 0.199. The first-order valence-electron chi connectivity index (χ1n) is 4.94. The van der Waals surface area contributed by atoms with Gasteiger partial charge in [0.15, 0.2) is 5.69 Å². The molecule has 1 heterocycles. The molecule has 0 bridgehead atoms. The van der Waals surface area contributed by atoms with Crippen molar-refractivity contribution in [3.05, 3.63) is 46.0 Å².